The van der Waals surface area contributed by atoms with Crippen LogP contribution in [0.4, 0.5) is 0 Å². The van der Waals surface area contributed by atoms with Crippen molar-refractivity contribution in [1.82, 2.24) is 0 Å². The van der Waals surface area contributed by atoms with Crippen molar-refractivity contribution in [3.8, 4) is 0 Å². The Kier molecular flexibility index (Phi) is 3.46. The maximum atomic E-state index is 3.78. The fraction of sp³-hybridized carbons (Fsp3) is 0.125. The van der Waals surface area contributed by atoms with Gasteiger partial charge >= 0.3 is 0 Å². The van der Waals surface area contributed by atoms with Gasteiger partial charge in [-0.25, -0.2) is 0 Å². The Morgan fingerprint density at radius 2 is 2.11 bits per heavy atom. The molecular formula is C8H9Y-. The van der Waals surface area contributed by atoms with Gasteiger partial charge in [-0.15, -0.1) is 35.8 Å². The molecule has 0 aromatic carbocycles. The fourth-order valence-corrected chi connectivity index (χ4v) is 0.884. The van der Waals surface area contributed by atoms with Gasteiger partial charge < -0.3 is 0 Å². The molecule has 0 aliphatic heterocycles. The maximum absolute atomic E-state index is 3.78. The smallest absolute Gasteiger partial charge is 0 e. The number of allylic oxidation sites excluding steroid dienone is 4. The molecule has 1 radical (unpaired) electrons. The molecule has 1 aliphatic carbocycles. The largest absolute Gasteiger partial charge is 0.171 e. The minimum Gasteiger partial charge on any atom is -0.171 e. The summed E-state index contributed by atoms with van der Waals surface area (Å²) in [5.41, 5.74) is 3.62. The van der Waals surface area contributed by atoms with Crippen LogP contribution in [0.5, 0.6) is 0 Å². The van der Waals surface area contributed by atoms with Gasteiger partial charge in [0.2, 0.25) is 0 Å². The Balaban J connectivity index is 0.000000640. The molecule has 0 nitrogen and oxygen atoms in total. The molecule has 0 saturated heterocycles. The molecule has 0 bridgehead atoms. The van der Waals surface area contributed by atoms with Gasteiger partial charge in [-0.05, 0) is 0 Å². The van der Waals surface area contributed by atoms with E-state index < -0.39 is 0 Å². The molecule has 9 heavy (non-hydrogen) atoms. The van der Waals surface area contributed by atoms with Crippen molar-refractivity contribution in [2.24, 2.45) is 0 Å². The van der Waals surface area contributed by atoms with E-state index in [1.807, 2.05) is 6.08 Å². The summed E-state index contributed by atoms with van der Waals surface area (Å²) < 4.78 is 0. The Labute approximate surface area is 81.6 Å². The summed E-state index contributed by atoms with van der Waals surface area (Å²) in [6.07, 6.45) is 3.90. The van der Waals surface area contributed by atoms with Crippen molar-refractivity contribution < 1.29 is 32.7 Å². The molecule has 1 rings (SSSR count). The van der Waals surface area contributed by atoms with Crippen LogP contribution in [0.25, 0.3) is 0 Å². The molecule has 0 heterocycles. The number of hydrogen-bond acceptors (Lipinski definition) is 0. The predicted octanol–water partition coefficient (Wildman–Crippen LogP) is 2.26. The third-order valence-corrected chi connectivity index (χ3v) is 1.37. The van der Waals surface area contributed by atoms with Crippen LogP contribution in [-0.2, 0) is 32.7 Å². The minimum absolute atomic E-state index is 0. The van der Waals surface area contributed by atoms with Crippen LogP contribution in [-0.4, -0.2) is 0 Å². The van der Waals surface area contributed by atoms with Crippen LogP contribution in [0.1, 0.15) is 6.92 Å². The van der Waals surface area contributed by atoms with Gasteiger partial charge in [-0.1, -0.05) is 6.92 Å². The van der Waals surface area contributed by atoms with E-state index in [9.17, 15) is 0 Å². The normalized spacial score (nSPS) is 15.4. The maximum Gasteiger partial charge on any atom is 0 e. The minimum atomic E-state index is 0. The van der Waals surface area contributed by atoms with Gasteiger partial charge in [0.1, 0.15) is 0 Å². The van der Waals surface area contributed by atoms with E-state index in [2.05, 4.69) is 26.5 Å². The SMILES string of the molecule is C=CC1=C(C)[CH-]C1=C.[Y]. The second-order valence-corrected chi connectivity index (χ2v) is 1.97. The van der Waals surface area contributed by atoms with Crippen LogP contribution in [0.3, 0.4) is 0 Å². The first kappa shape index (κ1) is 9.19. The van der Waals surface area contributed by atoms with Crippen LogP contribution >= 0.6 is 0 Å². The zero-order chi connectivity index (χ0) is 6.15. The monoisotopic (exact) mass is 194 g/mol. The van der Waals surface area contributed by atoms with Crippen LogP contribution in [0, 0.1) is 6.42 Å². The Hall–Kier alpha value is 0.194. The predicted molar refractivity (Wildman–Crippen MR) is 36.3 cm³/mol. The number of rotatable bonds is 1. The van der Waals surface area contributed by atoms with Crippen molar-refractivity contribution >= 4 is 0 Å². The third kappa shape index (κ3) is 1.56. The van der Waals surface area contributed by atoms with Gasteiger partial charge in [0.15, 0.2) is 0 Å². The zero-order valence-electron chi connectivity index (χ0n) is 5.65. The van der Waals surface area contributed by atoms with E-state index in [0.717, 1.165) is 5.57 Å². The summed E-state index contributed by atoms with van der Waals surface area (Å²) in [7, 11) is 0. The van der Waals surface area contributed by atoms with Gasteiger partial charge in [-0.3, -0.25) is 0 Å². The van der Waals surface area contributed by atoms with Gasteiger partial charge in [-0.2, -0.15) is 6.58 Å². The van der Waals surface area contributed by atoms with E-state index in [-0.39, 0.29) is 32.7 Å². The molecule has 0 N–H and O–H groups in total. The molecule has 0 atom stereocenters. The van der Waals surface area contributed by atoms with Gasteiger partial charge in [0, 0.05) is 32.7 Å². The molecule has 0 spiro atoms. The summed E-state index contributed by atoms with van der Waals surface area (Å²) in [4.78, 5) is 0. The topological polar surface area (TPSA) is 0 Å². The molecule has 1 aliphatic rings. The summed E-state index contributed by atoms with van der Waals surface area (Å²) in [6, 6.07) is 0. The second-order valence-electron chi connectivity index (χ2n) is 1.97. The van der Waals surface area contributed by atoms with Crippen molar-refractivity contribution in [3.63, 3.8) is 0 Å². The van der Waals surface area contributed by atoms with E-state index >= 15 is 0 Å². The van der Waals surface area contributed by atoms with Crippen LogP contribution in [0.2, 0.25) is 0 Å². The molecule has 1 heteroatoms. The molecule has 0 unspecified atom stereocenters. The van der Waals surface area contributed by atoms with Crippen molar-refractivity contribution in [2.75, 3.05) is 0 Å². The first-order valence-corrected chi connectivity index (χ1v) is 2.63. The van der Waals surface area contributed by atoms with E-state index in [1.165, 1.54) is 11.1 Å². The van der Waals surface area contributed by atoms with Crippen molar-refractivity contribution in [2.45, 2.75) is 6.92 Å². The van der Waals surface area contributed by atoms with Crippen LogP contribution in [0.15, 0.2) is 36.0 Å². The molecule has 0 fully saturated rings. The fourth-order valence-electron chi connectivity index (χ4n) is 0.884. The molecule has 0 aromatic heterocycles. The Bertz CT molecular complexity index is 175. The summed E-state index contributed by atoms with van der Waals surface area (Å²) in [5, 5.41) is 0. The summed E-state index contributed by atoms with van der Waals surface area (Å²) >= 11 is 0. The Morgan fingerprint density at radius 3 is 2.22 bits per heavy atom. The number of hydrogen-bond donors (Lipinski definition) is 0. The van der Waals surface area contributed by atoms with E-state index in [1.54, 1.807) is 0 Å². The Morgan fingerprint density at radius 1 is 1.56 bits per heavy atom. The van der Waals surface area contributed by atoms with Crippen molar-refractivity contribution in [3.05, 3.63) is 42.4 Å². The molecule has 0 amide bonds. The first-order valence-electron chi connectivity index (χ1n) is 2.63. The summed E-state index contributed by atoms with van der Waals surface area (Å²) in [6.45, 7) is 9.48. The standard InChI is InChI=1S/C8H9.Y/c1-4-8-6(2)5-7(8)3;/h4-5H,1-2H2,3H3;/q-1;. The molecule has 0 aromatic rings. The van der Waals surface area contributed by atoms with Crippen molar-refractivity contribution in [1.29, 1.82) is 0 Å². The average molecular weight is 194 g/mol. The zero-order valence-corrected chi connectivity index (χ0v) is 8.48. The second kappa shape index (κ2) is 3.38. The first-order chi connectivity index (χ1) is 3.75. The average Bonchev–Trinajstić information content (AvgIpc) is 1.67. The molecule has 0 saturated carbocycles. The molecular weight excluding hydrogens is 185 g/mol. The quantitative estimate of drug-likeness (QED) is 0.561. The molecule has 45 valence electrons. The van der Waals surface area contributed by atoms with Gasteiger partial charge in [0.25, 0.3) is 0 Å². The van der Waals surface area contributed by atoms with Crippen LogP contribution < -0.4 is 0 Å². The van der Waals surface area contributed by atoms with E-state index in [4.69, 9.17) is 0 Å². The van der Waals surface area contributed by atoms with E-state index in [0.29, 0.717) is 0 Å². The third-order valence-electron chi connectivity index (χ3n) is 1.37. The summed E-state index contributed by atoms with van der Waals surface area (Å²) in [5.74, 6) is 0. The van der Waals surface area contributed by atoms with Gasteiger partial charge in [0.05, 0.1) is 0 Å².